The molecule has 0 radical (unpaired) electrons. The lowest BCUT2D eigenvalue weighted by Crippen LogP contribution is -2.42. The molecule has 0 spiro atoms. The standard InChI is InChI=1S/C13H17ClF3N3/c1-2-4-10-11(14)18-8-19-12(10)20-6-3-5-9(7-20)13(15,16)17/h8-9H,2-7H2,1H3. The van der Waals surface area contributed by atoms with Gasteiger partial charge in [-0.25, -0.2) is 9.97 Å². The van der Waals surface area contributed by atoms with Crippen molar-refractivity contribution in [2.24, 2.45) is 5.92 Å². The minimum absolute atomic E-state index is 0.0481. The first kappa shape index (κ1) is 15.4. The van der Waals surface area contributed by atoms with Crippen LogP contribution >= 0.6 is 11.6 Å². The van der Waals surface area contributed by atoms with Crippen LogP contribution < -0.4 is 4.90 Å². The van der Waals surface area contributed by atoms with Gasteiger partial charge in [-0.05, 0) is 19.3 Å². The lowest BCUT2D eigenvalue weighted by atomic mass is 9.97. The number of nitrogens with zero attached hydrogens (tertiary/aromatic N) is 3. The molecule has 1 aromatic heterocycles. The molecule has 2 rings (SSSR count). The van der Waals surface area contributed by atoms with Gasteiger partial charge in [0.05, 0.1) is 5.92 Å². The van der Waals surface area contributed by atoms with Crippen molar-refractivity contribution in [3.8, 4) is 0 Å². The lowest BCUT2D eigenvalue weighted by Gasteiger charge is -2.35. The highest BCUT2D eigenvalue weighted by molar-refractivity contribution is 6.30. The smallest absolute Gasteiger partial charge is 0.356 e. The highest BCUT2D eigenvalue weighted by Crippen LogP contribution is 2.35. The zero-order chi connectivity index (χ0) is 14.8. The third kappa shape index (κ3) is 3.34. The van der Waals surface area contributed by atoms with E-state index in [2.05, 4.69) is 9.97 Å². The molecule has 1 aromatic rings. The van der Waals surface area contributed by atoms with Crippen LogP contribution in [0.3, 0.4) is 0 Å². The van der Waals surface area contributed by atoms with Gasteiger partial charge in [0, 0.05) is 18.7 Å². The monoisotopic (exact) mass is 307 g/mol. The van der Waals surface area contributed by atoms with Crippen molar-refractivity contribution in [2.45, 2.75) is 38.8 Å². The average molecular weight is 308 g/mol. The molecule has 2 heterocycles. The van der Waals surface area contributed by atoms with E-state index in [0.717, 1.165) is 12.0 Å². The van der Waals surface area contributed by atoms with Crippen molar-refractivity contribution in [3.05, 3.63) is 17.0 Å². The summed E-state index contributed by atoms with van der Waals surface area (Å²) in [7, 11) is 0. The molecular formula is C13H17ClF3N3. The van der Waals surface area contributed by atoms with Crippen molar-refractivity contribution in [2.75, 3.05) is 18.0 Å². The molecule has 112 valence electrons. The second-order valence-corrected chi connectivity index (χ2v) is 5.40. The fourth-order valence-corrected chi connectivity index (χ4v) is 2.78. The van der Waals surface area contributed by atoms with Gasteiger partial charge in [-0.1, -0.05) is 24.9 Å². The van der Waals surface area contributed by atoms with Crippen molar-refractivity contribution in [1.29, 1.82) is 0 Å². The Kier molecular flexibility index (Phi) is 4.73. The summed E-state index contributed by atoms with van der Waals surface area (Å²) >= 11 is 6.05. The maximum Gasteiger partial charge on any atom is 0.393 e. The van der Waals surface area contributed by atoms with Gasteiger partial charge >= 0.3 is 6.18 Å². The van der Waals surface area contributed by atoms with Gasteiger partial charge in [-0.3, -0.25) is 0 Å². The normalized spacial score (nSPS) is 20.2. The Bertz CT molecular complexity index is 465. The van der Waals surface area contributed by atoms with Gasteiger partial charge in [-0.15, -0.1) is 0 Å². The van der Waals surface area contributed by atoms with E-state index in [9.17, 15) is 13.2 Å². The summed E-state index contributed by atoms with van der Waals surface area (Å²) in [6, 6.07) is 0. The second kappa shape index (κ2) is 6.16. The second-order valence-electron chi connectivity index (χ2n) is 5.04. The van der Waals surface area contributed by atoms with Gasteiger partial charge in [0.2, 0.25) is 0 Å². The van der Waals surface area contributed by atoms with Crippen LogP contribution in [-0.4, -0.2) is 29.2 Å². The van der Waals surface area contributed by atoms with E-state index in [1.165, 1.54) is 6.33 Å². The number of hydrogen-bond donors (Lipinski definition) is 0. The first-order chi connectivity index (χ1) is 9.43. The molecule has 7 heteroatoms. The molecule has 1 fully saturated rings. The quantitative estimate of drug-likeness (QED) is 0.794. The Morgan fingerprint density at radius 3 is 2.80 bits per heavy atom. The van der Waals surface area contributed by atoms with E-state index < -0.39 is 12.1 Å². The number of rotatable bonds is 3. The molecule has 0 N–H and O–H groups in total. The molecule has 1 unspecified atom stereocenters. The van der Waals surface area contributed by atoms with Crippen molar-refractivity contribution < 1.29 is 13.2 Å². The molecule has 1 saturated heterocycles. The van der Waals surface area contributed by atoms with Gasteiger partial charge < -0.3 is 4.90 Å². The molecule has 0 bridgehead atoms. The highest BCUT2D eigenvalue weighted by atomic mass is 35.5. The van der Waals surface area contributed by atoms with Gasteiger partial charge in [-0.2, -0.15) is 13.2 Å². The molecule has 20 heavy (non-hydrogen) atoms. The molecule has 1 aliphatic rings. The largest absolute Gasteiger partial charge is 0.393 e. The van der Waals surface area contributed by atoms with E-state index in [4.69, 9.17) is 11.6 Å². The number of halogens is 4. The predicted octanol–water partition coefficient (Wildman–Crippen LogP) is 3.86. The van der Waals surface area contributed by atoms with E-state index in [1.807, 2.05) is 6.92 Å². The van der Waals surface area contributed by atoms with Crippen LogP contribution in [0.15, 0.2) is 6.33 Å². The minimum Gasteiger partial charge on any atom is -0.356 e. The van der Waals surface area contributed by atoms with Crippen molar-refractivity contribution in [1.82, 2.24) is 9.97 Å². The van der Waals surface area contributed by atoms with Crippen LogP contribution in [-0.2, 0) is 6.42 Å². The molecule has 1 aliphatic heterocycles. The van der Waals surface area contributed by atoms with Gasteiger partial charge in [0.25, 0.3) is 0 Å². The highest BCUT2D eigenvalue weighted by Gasteiger charge is 2.42. The number of hydrogen-bond acceptors (Lipinski definition) is 3. The van der Waals surface area contributed by atoms with Crippen molar-refractivity contribution >= 4 is 17.4 Å². The van der Waals surface area contributed by atoms with Gasteiger partial charge in [0.15, 0.2) is 0 Å². The molecule has 0 aliphatic carbocycles. The Hall–Kier alpha value is -1.04. The molecule has 3 nitrogen and oxygen atoms in total. The Morgan fingerprint density at radius 2 is 2.15 bits per heavy atom. The number of aromatic nitrogens is 2. The van der Waals surface area contributed by atoms with Crippen LogP contribution in [0.4, 0.5) is 19.0 Å². The average Bonchev–Trinajstić information content (AvgIpc) is 2.40. The summed E-state index contributed by atoms with van der Waals surface area (Å²) in [5.74, 6) is -0.736. The zero-order valence-electron chi connectivity index (χ0n) is 11.3. The first-order valence-corrected chi connectivity index (χ1v) is 7.12. The molecule has 0 amide bonds. The third-order valence-corrected chi connectivity index (χ3v) is 3.88. The summed E-state index contributed by atoms with van der Waals surface area (Å²) in [6.07, 6.45) is -0.632. The van der Waals surface area contributed by atoms with Crippen molar-refractivity contribution in [3.63, 3.8) is 0 Å². The molecule has 1 atom stereocenters. The fraction of sp³-hybridized carbons (Fsp3) is 0.692. The minimum atomic E-state index is -4.15. The first-order valence-electron chi connectivity index (χ1n) is 6.74. The summed E-state index contributed by atoms with van der Waals surface area (Å²) < 4.78 is 38.6. The van der Waals surface area contributed by atoms with E-state index >= 15 is 0 Å². The third-order valence-electron chi connectivity index (χ3n) is 3.55. The summed E-state index contributed by atoms with van der Waals surface area (Å²) in [6.45, 7) is 2.52. The topological polar surface area (TPSA) is 29.0 Å². The Labute approximate surface area is 121 Å². The maximum absolute atomic E-state index is 12.9. The summed E-state index contributed by atoms with van der Waals surface area (Å²) in [5.41, 5.74) is 0.750. The van der Waals surface area contributed by atoms with Gasteiger partial charge in [0.1, 0.15) is 17.3 Å². The number of anilines is 1. The summed E-state index contributed by atoms with van der Waals surface area (Å²) in [4.78, 5) is 9.78. The van der Waals surface area contributed by atoms with Crippen LogP contribution in [0.5, 0.6) is 0 Å². The number of piperidine rings is 1. The van der Waals surface area contributed by atoms with Crippen LogP contribution in [0, 0.1) is 5.92 Å². The molecule has 0 saturated carbocycles. The SMILES string of the molecule is CCCc1c(Cl)ncnc1N1CCCC(C(F)(F)F)C1. The Morgan fingerprint density at radius 1 is 1.40 bits per heavy atom. The summed E-state index contributed by atoms with van der Waals surface area (Å²) in [5, 5.41) is 0.339. The van der Waals surface area contributed by atoms with Crippen LogP contribution in [0.25, 0.3) is 0 Å². The van der Waals surface area contributed by atoms with Crippen LogP contribution in [0.1, 0.15) is 31.7 Å². The molecule has 0 aromatic carbocycles. The zero-order valence-corrected chi connectivity index (χ0v) is 12.0. The fourth-order valence-electron chi connectivity index (χ4n) is 2.56. The molecular weight excluding hydrogens is 291 g/mol. The van der Waals surface area contributed by atoms with E-state index in [-0.39, 0.29) is 13.0 Å². The van der Waals surface area contributed by atoms with E-state index in [0.29, 0.717) is 30.4 Å². The van der Waals surface area contributed by atoms with E-state index in [1.54, 1.807) is 4.90 Å². The number of alkyl halides is 3. The van der Waals surface area contributed by atoms with Crippen LogP contribution in [0.2, 0.25) is 5.15 Å². The maximum atomic E-state index is 12.9. The Balaban J connectivity index is 2.25. The lowest BCUT2D eigenvalue weighted by molar-refractivity contribution is -0.176. The predicted molar refractivity (Wildman–Crippen MR) is 72.0 cm³/mol.